The van der Waals surface area contributed by atoms with E-state index in [1.165, 1.54) is 16.8 Å². The summed E-state index contributed by atoms with van der Waals surface area (Å²) in [6, 6.07) is 4.61. The summed E-state index contributed by atoms with van der Waals surface area (Å²) in [6.45, 7) is 3.87. The molecule has 1 aromatic carbocycles. The van der Waals surface area contributed by atoms with E-state index in [0.717, 1.165) is 0 Å². The fraction of sp³-hybridized carbons (Fsp3) is 0.286. The first-order valence-corrected chi connectivity index (χ1v) is 6.70. The molecule has 112 valence electrons. The number of rotatable bonds is 3. The zero-order chi connectivity index (χ0) is 15.6. The number of nitrogens with zero attached hydrogens (tertiary/aromatic N) is 2. The van der Waals surface area contributed by atoms with E-state index in [0.29, 0.717) is 16.3 Å². The first kappa shape index (κ1) is 15.2. The summed E-state index contributed by atoms with van der Waals surface area (Å²) in [5.74, 6) is 0.394. The lowest BCUT2D eigenvalue weighted by atomic mass is 10.1. The lowest BCUT2D eigenvalue weighted by Crippen LogP contribution is -2.51. The largest absolute Gasteiger partial charge is 0.417 e. The molecule has 2 rings (SSSR count). The molecule has 1 atom stereocenters. The van der Waals surface area contributed by atoms with Crippen LogP contribution in [0, 0.1) is 0 Å². The standard InChI is InChI=1S/C14H16ClN3O3/c1-4-7-18-12(17(3)13(19)16-2)10-8-9(15)5-6-11(10)21-14(18)20/h4-6,8,12H,1,7H2,2-3H3,(H,16,19). The van der Waals surface area contributed by atoms with Crippen molar-refractivity contribution >= 4 is 23.7 Å². The molecular formula is C14H16ClN3O3. The van der Waals surface area contributed by atoms with Crippen LogP contribution in [-0.4, -0.2) is 42.6 Å². The van der Waals surface area contributed by atoms with E-state index in [1.54, 1.807) is 31.3 Å². The second kappa shape index (κ2) is 6.05. The van der Waals surface area contributed by atoms with Gasteiger partial charge in [-0.2, -0.15) is 0 Å². The Balaban J connectivity index is 2.53. The van der Waals surface area contributed by atoms with Gasteiger partial charge < -0.3 is 15.0 Å². The zero-order valence-corrected chi connectivity index (χ0v) is 12.6. The van der Waals surface area contributed by atoms with Crippen molar-refractivity contribution in [2.45, 2.75) is 6.17 Å². The van der Waals surface area contributed by atoms with Crippen LogP contribution in [0.1, 0.15) is 11.7 Å². The minimum absolute atomic E-state index is 0.247. The van der Waals surface area contributed by atoms with Gasteiger partial charge in [-0.15, -0.1) is 6.58 Å². The van der Waals surface area contributed by atoms with Gasteiger partial charge in [0.05, 0.1) is 0 Å². The van der Waals surface area contributed by atoms with Crippen molar-refractivity contribution in [1.82, 2.24) is 15.1 Å². The highest BCUT2D eigenvalue weighted by Crippen LogP contribution is 2.38. The van der Waals surface area contributed by atoms with Crippen molar-refractivity contribution in [2.75, 3.05) is 20.6 Å². The second-order valence-electron chi connectivity index (χ2n) is 4.53. The van der Waals surface area contributed by atoms with E-state index in [-0.39, 0.29) is 12.6 Å². The average Bonchev–Trinajstić information content (AvgIpc) is 2.47. The second-order valence-corrected chi connectivity index (χ2v) is 4.97. The molecule has 21 heavy (non-hydrogen) atoms. The first-order chi connectivity index (χ1) is 9.99. The van der Waals surface area contributed by atoms with Gasteiger partial charge in [0.2, 0.25) is 0 Å². The van der Waals surface area contributed by atoms with Crippen molar-refractivity contribution in [3.8, 4) is 5.75 Å². The van der Waals surface area contributed by atoms with E-state index >= 15 is 0 Å². The Morgan fingerprint density at radius 2 is 2.33 bits per heavy atom. The van der Waals surface area contributed by atoms with Crippen molar-refractivity contribution < 1.29 is 14.3 Å². The Morgan fingerprint density at radius 1 is 1.62 bits per heavy atom. The van der Waals surface area contributed by atoms with E-state index < -0.39 is 12.3 Å². The molecule has 6 nitrogen and oxygen atoms in total. The molecule has 0 radical (unpaired) electrons. The Morgan fingerprint density at radius 3 is 2.95 bits per heavy atom. The third kappa shape index (κ3) is 2.80. The van der Waals surface area contributed by atoms with Crippen molar-refractivity contribution in [3.63, 3.8) is 0 Å². The number of fused-ring (bicyclic) bond motifs is 1. The maximum Gasteiger partial charge on any atom is 0.417 e. The van der Waals surface area contributed by atoms with Crippen LogP contribution in [0.2, 0.25) is 5.02 Å². The van der Waals surface area contributed by atoms with Gasteiger partial charge >= 0.3 is 12.1 Å². The molecule has 0 fully saturated rings. The van der Waals surface area contributed by atoms with Gasteiger partial charge in [0.25, 0.3) is 0 Å². The predicted molar refractivity (Wildman–Crippen MR) is 79.3 cm³/mol. The average molecular weight is 310 g/mol. The fourth-order valence-corrected chi connectivity index (χ4v) is 2.43. The Hall–Kier alpha value is -2.21. The number of carbonyl (C=O) groups is 2. The summed E-state index contributed by atoms with van der Waals surface area (Å²) >= 11 is 6.02. The molecule has 0 aliphatic carbocycles. The summed E-state index contributed by atoms with van der Waals surface area (Å²) in [5, 5.41) is 3.03. The number of urea groups is 1. The van der Waals surface area contributed by atoms with Gasteiger partial charge in [-0.05, 0) is 18.2 Å². The number of amides is 3. The number of benzene rings is 1. The van der Waals surface area contributed by atoms with E-state index in [2.05, 4.69) is 11.9 Å². The summed E-state index contributed by atoms with van der Waals surface area (Å²) in [5.41, 5.74) is 0.648. The molecular weight excluding hydrogens is 294 g/mol. The topological polar surface area (TPSA) is 61.9 Å². The fourth-order valence-electron chi connectivity index (χ4n) is 2.25. The highest BCUT2D eigenvalue weighted by molar-refractivity contribution is 6.30. The molecule has 0 saturated carbocycles. The maximum absolute atomic E-state index is 12.1. The highest BCUT2D eigenvalue weighted by Gasteiger charge is 2.38. The van der Waals surface area contributed by atoms with Crippen LogP contribution in [0.3, 0.4) is 0 Å². The SMILES string of the molecule is C=CCN1C(=O)Oc2ccc(Cl)cc2C1N(C)C(=O)NC. The molecule has 1 aromatic rings. The zero-order valence-electron chi connectivity index (χ0n) is 11.8. The van der Waals surface area contributed by atoms with Crippen LogP contribution >= 0.6 is 11.6 Å². The maximum atomic E-state index is 12.1. The molecule has 0 bridgehead atoms. The van der Waals surface area contributed by atoms with Gasteiger partial charge in [-0.25, -0.2) is 9.59 Å². The van der Waals surface area contributed by atoms with Gasteiger partial charge in [-0.3, -0.25) is 4.90 Å². The molecule has 1 unspecified atom stereocenters. The Bertz CT molecular complexity index is 591. The summed E-state index contributed by atoms with van der Waals surface area (Å²) < 4.78 is 5.27. The first-order valence-electron chi connectivity index (χ1n) is 6.33. The van der Waals surface area contributed by atoms with Gasteiger partial charge in [0, 0.05) is 31.2 Å². The van der Waals surface area contributed by atoms with Gasteiger partial charge in [0.15, 0.2) is 0 Å². The summed E-state index contributed by atoms with van der Waals surface area (Å²) in [7, 11) is 3.12. The molecule has 0 saturated heterocycles. The van der Waals surface area contributed by atoms with Crippen LogP contribution in [0.5, 0.6) is 5.75 Å². The highest BCUT2D eigenvalue weighted by atomic mass is 35.5. The van der Waals surface area contributed by atoms with E-state index in [1.807, 2.05) is 0 Å². The minimum Gasteiger partial charge on any atom is -0.410 e. The van der Waals surface area contributed by atoms with Gasteiger partial charge in [0.1, 0.15) is 11.9 Å². The third-order valence-corrected chi connectivity index (χ3v) is 3.44. The summed E-state index contributed by atoms with van der Waals surface area (Å²) in [4.78, 5) is 26.9. The lowest BCUT2D eigenvalue weighted by Gasteiger charge is -2.40. The van der Waals surface area contributed by atoms with Crippen LogP contribution in [0.15, 0.2) is 30.9 Å². The molecule has 1 N–H and O–H groups in total. The summed E-state index contributed by atoms with van der Waals surface area (Å²) in [6.07, 6.45) is 0.421. The number of hydrogen-bond donors (Lipinski definition) is 1. The third-order valence-electron chi connectivity index (χ3n) is 3.20. The number of carbonyl (C=O) groups excluding carboxylic acids is 2. The molecule has 0 spiro atoms. The molecule has 0 aromatic heterocycles. The van der Waals surface area contributed by atoms with E-state index in [4.69, 9.17) is 16.3 Å². The Labute approximate surface area is 127 Å². The van der Waals surface area contributed by atoms with Crippen LogP contribution in [0.25, 0.3) is 0 Å². The quantitative estimate of drug-likeness (QED) is 0.873. The predicted octanol–water partition coefficient (Wildman–Crippen LogP) is 2.61. The van der Waals surface area contributed by atoms with Gasteiger partial charge in [-0.1, -0.05) is 17.7 Å². The lowest BCUT2D eigenvalue weighted by molar-refractivity contribution is 0.0680. The monoisotopic (exact) mass is 309 g/mol. The number of hydrogen-bond acceptors (Lipinski definition) is 3. The Kier molecular flexibility index (Phi) is 4.37. The molecule has 1 aliphatic heterocycles. The molecule has 1 aliphatic rings. The normalized spacial score (nSPS) is 16.8. The smallest absolute Gasteiger partial charge is 0.410 e. The minimum atomic E-state index is -0.613. The number of halogens is 1. The van der Waals surface area contributed by atoms with Crippen LogP contribution in [0.4, 0.5) is 9.59 Å². The molecule has 3 amide bonds. The number of ether oxygens (including phenoxy) is 1. The number of nitrogens with one attached hydrogen (secondary N) is 1. The molecule has 7 heteroatoms. The van der Waals surface area contributed by atoms with Crippen molar-refractivity contribution in [3.05, 3.63) is 41.4 Å². The van der Waals surface area contributed by atoms with E-state index in [9.17, 15) is 9.59 Å². The van der Waals surface area contributed by atoms with Crippen molar-refractivity contribution in [2.24, 2.45) is 0 Å². The van der Waals surface area contributed by atoms with Crippen LogP contribution in [-0.2, 0) is 0 Å². The van der Waals surface area contributed by atoms with Crippen molar-refractivity contribution in [1.29, 1.82) is 0 Å². The van der Waals surface area contributed by atoms with Crippen LogP contribution < -0.4 is 10.1 Å². The molecule has 1 heterocycles.